The fraction of sp³-hybridized carbons (Fsp3) is 1.00. The summed E-state index contributed by atoms with van der Waals surface area (Å²) < 4.78 is 5.87. The molecule has 0 saturated heterocycles. The second-order valence-electron chi connectivity index (χ2n) is 4.12. The SMILES string of the molecule is BrC1CCCC1OCC1CCC1. The van der Waals surface area contributed by atoms with E-state index in [1.165, 1.54) is 38.5 Å². The monoisotopic (exact) mass is 232 g/mol. The van der Waals surface area contributed by atoms with Gasteiger partial charge in [-0.3, -0.25) is 0 Å². The van der Waals surface area contributed by atoms with Gasteiger partial charge >= 0.3 is 0 Å². The van der Waals surface area contributed by atoms with E-state index in [0.29, 0.717) is 10.9 Å². The predicted molar refractivity (Wildman–Crippen MR) is 53.6 cm³/mol. The van der Waals surface area contributed by atoms with E-state index < -0.39 is 0 Å². The zero-order chi connectivity index (χ0) is 8.39. The van der Waals surface area contributed by atoms with Crippen LogP contribution in [0.2, 0.25) is 0 Å². The molecule has 0 radical (unpaired) electrons. The van der Waals surface area contributed by atoms with Crippen LogP contribution in [0.1, 0.15) is 38.5 Å². The van der Waals surface area contributed by atoms with Crippen molar-refractivity contribution in [3.63, 3.8) is 0 Å². The number of rotatable bonds is 3. The third-order valence-corrected chi connectivity index (χ3v) is 4.19. The second kappa shape index (κ2) is 4.10. The zero-order valence-electron chi connectivity index (χ0n) is 7.47. The van der Waals surface area contributed by atoms with E-state index in [1.54, 1.807) is 0 Å². The molecule has 0 aromatic rings. The van der Waals surface area contributed by atoms with Crippen LogP contribution >= 0.6 is 15.9 Å². The maximum atomic E-state index is 5.87. The van der Waals surface area contributed by atoms with Crippen LogP contribution in [0.15, 0.2) is 0 Å². The average Bonchev–Trinajstić information content (AvgIpc) is 2.33. The van der Waals surface area contributed by atoms with E-state index >= 15 is 0 Å². The van der Waals surface area contributed by atoms with Crippen molar-refractivity contribution in [1.82, 2.24) is 0 Å². The highest BCUT2D eigenvalue weighted by molar-refractivity contribution is 9.09. The van der Waals surface area contributed by atoms with Crippen LogP contribution < -0.4 is 0 Å². The lowest BCUT2D eigenvalue weighted by Crippen LogP contribution is -2.25. The summed E-state index contributed by atoms with van der Waals surface area (Å²) in [7, 11) is 0. The Morgan fingerprint density at radius 1 is 1.08 bits per heavy atom. The van der Waals surface area contributed by atoms with E-state index in [2.05, 4.69) is 15.9 Å². The van der Waals surface area contributed by atoms with Crippen LogP contribution in [-0.2, 0) is 4.74 Å². The lowest BCUT2D eigenvalue weighted by molar-refractivity contribution is 0.0180. The highest BCUT2D eigenvalue weighted by Gasteiger charge is 2.27. The molecule has 70 valence electrons. The zero-order valence-corrected chi connectivity index (χ0v) is 9.05. The summed E-state index contributed by atoms with van der Waals surface area (Å²) in [6.07, 6.45) is 8.66. The quantitative estimate of drug-likeness (QED) is 0.680. The lowest BCUT2D eigenvalue weighted by atomic mass is 9.86. The van der Waals surface area contributed by atoms with Crippen molar-refractivity contribution in [1.29, 1.82) is 0 Å². The third-order valence-electron chi connectivity index (χ3n) is 3.14. The number of hydrogen-bond donors (Lipinski definition) is 0. The summed E-state index contributed by atoms with van der Waals surface area (Å²) in [5.41, 5.74) is 0. The molecule has 2 aliphatic carbocycles. The number of halogens is 1. The topological polar surface area (TPSA) is 9.23 Å². The largest absolute Gasteiger partial charge is 0.377 e. The van der Waals surface area contributed by atoms with Gasteiger partial charge < -0.3 is 4.74 Å². The molecule has 0 amide bonds. The average molecular weight is 233 g/mol. The summed E-state index contributed by atoms with van der Waals surface area (Å²) in [6, 6.07) is 0. The van der Waals surface area contributed by atoms with Crippen LogP contribution in [-0.4, -0.2) is 17.5 Å². The molecule has 0 N–H and O–H groups in total. The van der Waals surface area contributed by atoms with Gasteiger partial charge in [-0.2, -0.15) is 0 Å². The molecule has 1 nitrogen and oxygen atoms in total. The Balaban J connectivity index is 1.64. The van der Waals surface area contributed by atoms with Crippen molar-refractivity contribution < 1.29 is 4.74 Å². The number of ether oxygens (including phenoxy) is 1. The van der Waals surface area contributed by atoms with Gasteiger partial charge in [0.25, 0.3) is 0 Å². The fourth-order valence-electron chi connectivity index (χ4n) is 1.99. The fourth-order valence-corrected chi connectivity index (χ4v) is 2.73. The minimum atomic E-state index is 0.519. The Hall–Kier alpha value is 0.440. The van der Waals surface area contributed by atoms with Crippen molar-refractivity contribution in [2.75, 3.05) is 6.61 Å². The lowest BCUT2D eigenvalue weighted by Gasteiger charge is -2.27. The molecule has 2 rings (SSSR count). The molecular formula is C10H17BrO. The summed E-state index contributed by atoms with van der Waals surface area (Å²) >= 11 is 3.67. The van der Waals surface area contributed by atoms with Crippen molar-refractivity contribution in [3.05, 3.63) is 0 Å². The molecule has 2 fully saturated rings. The van der Waals surface area contributed by atoms with Crippen LogP contribution in [0.4, 0.5) is 0 Å². The van der Waals surface area contributed by atoms with E-state index in [-0.39, 0.29) is 0 Å². The molecule has 2 heteroatoms. The molecule has 0 bridgehead atoms. The van der Waals surface area contributed by atoms with Crippen LogP contribution in [0.3, 0.4) is 0 Å². The highest BCUT2D eigenvalue weighted by Crippen LogP contribution is 2.31. The van der Waals surface area contributed by atoms with Gasteiger partial charge in [0.2, 0.25) is 0 Å². The molecule has 2 saturated carbocycles. The Morgan fingerprint density at radius 2 is 1.83 bits per heavy atom. The summed E-state index contributed by atoms with van der Waals surface area (Å²) in [4.78, 5) is 0.637. The summed E-state index contributed by atoms with van der Waals surface area (Å²) in [5, 5.41) is 0. The summed E-state index contributed by atoms with van der Waals surface area (Å²) in [5.74, 6) is 0.894. The van der Waals surface area contributed by atoms with Gasteiger partial charge in [0.05, 0.1) is 6.10 Å². The van der Waals surface area contributed by atoms with Gasteiger partial charge in [0.15, 0.2) is 0 Å². The van der Waals surface area contributed by atoms with Crippen LogP contribution in [0, 0.1) is 5.92 Å². The normalized spacial score (nSPS) is 36.8. The highest BCUT2D eigenvalue weighted by atomic mass is 79.9. The first-order valence-corrected chi connectivity index (χ1v) is 6.03. The van der Waals surface area contributed by atoms with Gasteiger partial charge in [-0.25, -0.2) is 0 Å². The van der Waals surface area contributed by atoms with Crippen molar-refractivity contribution >= 4 is 15.9 Å². The molecule has 0 heterocycles. The Kier molecular flexibility index (Phi) is 3.08. The number of hydrogen-bond acceptors (Lipinski definition) is 1. The van der Waals surface area contributed by atoms with Gasteiger partial charge in [-0.05, 0) is 38.0 Å². The third kappa shape index (κ3) is 2.02. The van der Waals surface area contributed by atoms with Gasteiger partial charge in [-0.1, -0.05) is 22.4 Å². The van der Waals surface area contributed by atoms with Crippen molar-refractivity contribution in [3.8, 4) is 0 Å². The number of alkyl halides is 1. The first kappa shape index (κ1) is 9.01. The summed E-state index contributed by atoms with van der Waals surface area (Å²) in [6.45, 7) is 1.02. The molecule has 12 heavy (non-hydrogen) atoms. The molecule has 0 spiro atoms. The molecule has 0 aliphatic heterocycles. The first-order chi connectivity index (χ1) is 5.86. The Labute approximate surface area is 83.0 Å². The van der Waals surface area contributed by atoms with Crippen molar-refractivity contribution in [2.24, 2.45) is 5.92 Å². The van der Waals surface area contributed by atoms with Crippen molar-refractivity contribution in [2.45, 2.75) is 49.5 Å². The van der Waals surface area contributed by atoms with Crippen LogP contribution in [0.25, 0.3) is 0 Å². The molecule has 2 atom stereocenters. The smallest absolute Gasteiger partial charge is 0.0700 e. The first-order valence-electron chi connectivity index (χ1n) is 5.12. The van der Waals surface area contributed by atoms with E-state index in [4.69, 9.17) is 4.74 Å². The minimum Gasteiger partial charge on any atom is -0.377 e. The van der Waals surface area contributed by atoms with E-state index in [0.717, 1.165) is 12.5 Å². The van der Waals surface area contributed by atoms with E-state index in [9.17, 15) is 0 Å². The molecule has 0 aromatic carbocycles. The van der Waals surface area contributed by atoms with Gasteiger partial charge in [0.1, 0.15) is 0 Å². The second-order valence-corrected chi connectivity index (χ2v) is 5.29. The van der Waals surface area contributed by atoms with Crippen LogP contribution in [0.5, 0.6) is 0 Å². The maximum absolute atomic E-state index is 5.87. The molecular weight excluding hydrogens is 216 g/mol. The Bertz CT molecular complexity index is 145. The molecule has 0 aromatic heterocycles. The molecule has 2 aliphatic rings. The minimum absolute atomic E-state index is 0.519. The van der Waals surface area contributed by atoms with Gasteiger partial charge in [-0.15, -0.1) is 0 Å². The van der Waals surface area contributed by atoms with E-state index in [1.807, 2.05) is 0 Å². The standard InChI is InChI=1S/C10H17BrO/c11-9-5-2-6-10(9)12-7-8-3-1-4-8/h8-10H,1-7H2. The Morgan fingerprint density at radius 3 is 2.33 bits per heavy atom. The molecule has 2 unspecified atom stereocenters. The predicted octanol–water partition coefficient (Wildman–Crippen LogP) is 3.12. The van der Waals surface area contributed by atoms with Gasteiger partial charge in [0, 0.05) is 11.4 Å². The maximum Gasteiger partial charge on any atom is 0.0700 e.